The molecular formula is C42H24O. The summed E-state index contributed by atoms with van der Waals surface area (Å²) in [6, 6.07) is 53.1. The summed E-state index contributed by atoms with van der Waals surface area (Å²) < 4.78 is 6.51. The third-order valence-corrected chi connectivity index (χ3v) is 9.37. The van der Waals surface area contributed by atoms with Gasteiger partial charge in [-0.25, -0.2) is 0 Å². The van der Waals surface area contributed by atoms with E-state index in [0.29, 0.717) is 0 Å². The third kappa shape index (κ3) is 3.06. The summed E-state index contributed by atoms with van der Waals surface area (Å²) in [5.74, 6) is 0. The van der Waals surface area contributed by atoms with Crippen molar-refractivity contribution >= 4 is 75.8 Å². The van der Waals surface area contributed by atoms with E-state index in [9.17, 15) is 0 Å². The Morgan fingerprint density at radius 3 is 1.56 bits per heavy atom. The first-order chi connectivity index (χ1) is 21.3. The van der Waals surface area contributed by atoms with Crippen molar-refractivity contribution in [3.63, 3.8) is 0 Å². The second-order valence-electron chi connectivity index (χ2n) is 11.6. The fourth-order valence-electron chi connectivity index (χ4n) is 7.65. The normalized spacial score (nSPS) is 12.2. The highest BCUT2D eigenvalue weighted by atomic mass is 16.3. The molecule has 0 aliphatic carbocycles. The minimum atomic E-state index is 0.945. The number of fused-ring (bicyclic) bond motifs is 5. The first kappa shape index (κ1) is 23.0. The Hall–Kier alpha value is -5.66. The summed E-state index contributed by atoms with van der Waals surface area (Å²) in [5.41, 5.74) is 6.97. The lowest BCUT2D eigenvalue weighted by Gasteiger charge is -2.20. The van der Waals surface area contributed by atoms with Crippen LogP contribution in [0.3, 0.4) is 0 Å². The number of benzene rings is 9. The molecule has 0 unspecified atom stereocenters. The Bertz CT molecular complexity index is 2660. The maximum Gasteiger partial charge on any atom is 0.136 e. The Morgan fingerprint density at radius 2 is 0.837 bits per heavy atom. The van der Waals surface area contributed by atoms with Crippen molar-refractivity contribution in [2.24, 2.45) is 0 Å². The second-order valence-corrected chi connectivity index (χ2v) is 11.6. The number of hydrogen-bond acceptors (Lipinski definition) is 1. The zero-order valence-electron chi connectivity index (χ0n) is 23.3. The fraction of sp³-hybridized carbons (Fsp3) is 0. The monoisotopic (exact) mass is 544 g/mol. The van der Waals surface area contributed by atoms with Crippen LogP contribution in [0.5, 0.6) is 0 Å². The zero-order chi connectivity index (χ0) is 28.1. The SMILES string of the molecule is c1ccc2c(-c3c4ccccc4c(-c4cc5cccc6oc7cc8ccccc8c4c7c56)c4ccccc34)cccc2c1. The minimum Gasteiger partial charge on any atom is -0.456 e. The van der Waals surface area contributed by atoms with Gasteiger partial charge >= 0.3 is 0 Å². The maximum atomic E-state index is 6.51. The smallest absolute Gasteiger partial charge is 0.136 e. The van der Waals surface area contributed by atoms with Crippen LogP contribution in [0.2, 0.25) is 0 Å². The van der Waals surface area contributed by atoms with E-state index in [1.807, 2.05) is 0 Å². The maximum absolute atomic E-state index is 6.51. The van der Waals surface area contributed by atoms with Crippen LogP contribution in [0.15, 0.2) is 150 Å². The van der Waals surface area contributed by atoms with Gasteiger partial charge in [0.05, 0.1) is 0 Å². The average molecular weight is 545 g/mol. The Balaban J connectivity index is 1.46. The molecule has 0 radical (unpaired) electrons. The van der Waals surface area contributed by atoms with Crippen LogP contribution >= 0.6 is 0 Å². The molecule has 0 aliphatic heterocycles. The predicted molar refractivity (Wildman–Crippen MR) is 183 cm³/mol. The average Bonchev–Trinajstić information content (AvgIpc) is 3.44. The molecule has 0 N–H and O–H groups in total. The molecule has 198 valence electrons. The van der Waals surface area contributed by atoms with Gasteiger partial charge in [0.1, 0.15) is 11.2 Å². The molecular weight excluding hydrogens is 520 g/mol. The Morgan fingerprint density at radius 1 is 0.302 bits per heavy atom. The van der Waals surface area contributed by atoms with Gasteiger partial charge in [-0.3, -0.25) is 0 Å². The quantitative estimate of drug-likeness (QED) is 0.156. The molecule has 0 aliphatic rings. The highest BCUT2D eigenvalue weighted by Crippen LogP contribution is 2.50. The van der Waals surface area contributed by atoms with Crippen molar-refractivity contribution in [3.05, 3.63) is 146 Å². The molecule has 1 heterocycles. The predicted octanol–water partition coefficient (Wildman–Crippen LogP) is 12.1. The molecule has 43 heavy (non-hydrogen) atoms. The number of furan rings is 1. The molecule has 1 aromatic heterocycles. The number of rotatable bonds is 2. The minimum absolute atomic E-state index is 0.945. The van der Waals surface area contributed by atoms with Crippen LogP contribution in [-0.2, 0) is 0 Å². The van der Waals surface area contributed by atoms with Gasteiger partial charge < -0.3 is 4.42 Å². The topological polar surface area (TPSA) is 13.1 Å². The van der Waals surface area contributed by atoms with Gasteiger partial charge in [0.15, 0.2) is 0 Å². The van der Waals surface area contributed by atoms with Crippen LogP contribution in [0.4, 0.5) is 0 Å². The molecule has 10 rings (SSSR count). The van der Waals surface area contributed by atoms with E-state index in [1.54, 1.807) is 0 Å². The molecule has 1 nitrogen and oxygen atoms in total. The lowest BCUT2D eigenvalue weighted by Crippen LogP contribution is -1.93. The number of hydrogen-bond donors (Lipinski definition) is 0. The zero-order valence-corrected chi connectivity index (χ0v) is 23.3. The van der Waals surface area contributed by atoms with Crippen molar-refractivity contribution < 1.29 is 4.42 Å². The van der Waals surface area contributed by atoms with E-state index in [0.717, 1.165) is 11.2 Å². The molecule has 1 heteroatoms. The van der Waals surface area contributed by atoms with Crippen molar-refractivity contribution in [3.8, 4) is 22.3 Å². The van der Waals surface area contributed by atoms with E-state index < -0.39 is 0 Å². The summed E-state index contributed by atoms with van der Waals surface area (Å²) in [7, 11) is 0. The van der Waals surface area contributed by atoms with Crippen LogP contribution < -0.4 is 0 Å². The molecule has 0 atom stereocenters. The van der Waals surface area contributed by atoms with Crippen LogP contribution in [0, 0.1) is 0 Å². The van der Waals surface area contributed by atoms with E-state index >= 15 is 0 Å². The first-order valence-corrected chi connectivity index (χ1v) is 14.9. The summed E-state index contributed by atoms with van der Waals surface area (Å²) in [6.07, 6.45) is 0. The van der Waals surface area contributed by atoms with Gasteiger partial charge in [-0.15, -0.1) is 0 Å². The van der Waals surface area contributed by atoms with Gasteiger partial charge in [-0.2, -0.15) is 0 Å². The highest BCUT2D eigenvalue weighted by molar-refractivity contribution is 6.34. The standard InChI is InChI=1S/C42H24O/c1-3-15-28-25(11-1)13-9-21-30(28)39-31-17-5-7-19-33(31)40(34-20-8-6-18-32(34)39)35-23-27-14-10-22-36-38(27)42-37(43-36)24-26-12-2-4-16-29(26)41(35)42/h1-24H. The molecule has 0 saturated carbocycles. The molecule has 0 spiro atoms. The molecule has 0 saturated heterocycles. The molecule has 0 amide bonds. The third-order valence-electron chi connectivity index (χ3n) is 9.37. The van der Waals surface area contributed by atoms with Crippen molar-refractivity contribution in [1.82, 2.24) is 0 Å². The van der Waals surface area contributed by atoms with Gasteiger partial charge in [0.25, 0.3) is 0 Å². The van der Waals surface area contributed by atoms with E-state index in [-0.39, 0.29) is 0 Å². The highest BCUT2D eigenvalue weighted by Gasteiger charge is 2.23. The van der Waals surface area contributed by atoms with Crippen LogP contribution in [-0.4, -0.2) is 0 Å². The van der Waals surface area contributed by atoms with Gasteiger partial charge in [0, 0.05) is 16.2 Å². The lowest BCUT2D eigenvalue weighted by atomic mass is 9.82. The van der Waals surface area contributed by atoms with Crippen molar-refractivity contribution in [2.75, 3.05) is 0 Å². The Labute approximate surface area is 247 Å². The van der Waals surface area contributed by atoms with Crippen LogP contribution in [0.25, 0.3) is 98.1 Å². The first-order valence-electron chi connectivity index (χ1n) is 14.9. The van der Waals surface area contributed by atoms with Gasteiger partial charge in [0.2, 0.25) is 0 Å². The van der Waals surface area contributed by atoms with Gasteiger partial charge in [-0.1, -0.05) is 127 Å². The van der Waals surface area contributed by atoms with E-state index in [1.165, 1.54) is 86.9 Å². The van der Waals surface area contributed by atoms with E-state index in [4.69, 9.17) is 4.42 Å². The second kappa shape index (κ2) is 8.44. The molecule has 0 fully saturated rings. The lowest BCUT2D eigenvalue weighted by molar-refractivity contribution is 0.670. The summed E-state index contributed by atoms with van der Waals surface area (Å²) in [5, 5.41) is 14.9. The summed E-state index contributed by atoms with van der Waals surface area (Å²) >= 11 is 0. The van der Waals surface area contributed by atoms with Gasteiger partial charge in [-0.05, 0) is 88.9 Å². The molecule has 0 bridgehead atoms. The largest absolute Gasteiger partial charge is 0.456 e. The van der Waals surface area contributed by atoms with Crippen molar-refractivity contribution in [2.45, 2.75) is 0 Å². The molecule has 10 aromatic rings. The molecule has 9 aromatic carbocycles. The fourth-order valence-corrected chi connectivity index (χ4v) is 7.65. The Kier molecular flexibility index (Phi) is 4.51. The van der Waals surface area contributed by atoms with E-state index in [2.05, 4.69) is 146 Å². The van der Waals surface area contributed by atoms with Crippen LogP contribution in [0.1, 0.15) is 0 Å². The summed E-state index contributed by atoms with van der Waals surface area (Å²) in [6.45, 7) is 0. The summed E-state index contributed by atoms with van der Waals surface area (Å²) in [4.78, 5) is 0. The van der Waals surface area contributed by atoms with Crippen molar-refractivity contribution in [1.29, 1.82) is 0 Å².